The van der Waals surface area contributed by atoms with Gasteiger partial charge in [0, 0.05) is 19.5 Å². The van der Waals surface area contributed by atoms with E-state index in [1.54, 1.807) is 0 Å². The lowest BCUT2D eigenvalue weighted by Gasteiger charge is -2.26. The second kappa shape index (κ2) is 7.14. The normalized spacial score (nSPS) is 15.6. The average Bonchev–Trinajstić information content (AvgIpc) is 2.42. The molecule has 1 aliphatic heterocycles. The lowest BCUT2D eigenvalue weighted by Crippen LogP contribution is -2.34. The van der Waals surface area contributed by atoms with Crippen molar-refractivity contribution >= 4 is 5.91 Å². The fourth-order valence-corrected chi connectivity index (χ4v) is 2.26. The van der Waals surface area contributed by atoms with Gasteiger partial charge in [0.15, 0.2) is 0 Å². The summed E-state index contributed by atoms with van der Waals surface area (Å²) in [5.74, 6) is 1.12. The summed E-state index contributed by atoms with van der Waals surface area (Å²) in [5, 5.41) is 0. The van der Waals surface area contributed by atoms with Crippen LogP contribution in [-0.4, -0.2) is 30.5 Å². The first-order valence-corrected chi connectivity index (χ1v) is 6.99. The maximum absolute atomic E-state index is 11.8. The van der Waals surface area contributed by atoms with Crippen molar-refractivity contribution in [2.75, 3.05) is 19.7 Å². The Bertz CT molecular complexity index is 420. The van der Waals surface area contributed by atoms with E-state index in [0.717, 1.165) is 37.1 Å². The van der Waals surface area contributed by atoms with Gasteiger partial charge < -0.3 is 15.4 Å². The zero-order chi connectivity index (χ0) is 13.5. The fraction of sp³-hybridized carbons (Fsp3) is 0.533. The molecule has 4 nitrogen and oxygen atoms in total. The maximum atomic E-state index is 11.8. The van der Waals surface area contributed by atoms with Crippen LogP contribution in [0.4, 0.5) is 0 Å². The Morgan fingerprint density at radius 1 is 1.32 bits per heavy atom. The van der Waals surface area contributed by atoms with Crippen LogP contribution in [0.1, 0.15) is 31.2 Å². The van der Waals surface area contributed by atoms with Crippen molar-refractivity contribution in [3.05, 3.63) is 29.8 Å². The van der Waals surface area contributed by atoms with E-state index in [9.17, 15) is 4.79 Å². The van der Waals surface area contributed by atoms with Crippen molar-refractivity contribution in [3.8, 4) is 5.75 Å². The molecule has 1 amide bonds. The summed E-state index contributed by atoms with van der Waals surface area (Å²) in [6, 6.07) is 7.97. The molecule has 0 saturated carbocycles. The van der Waals surface area contributed by atoms with Crippen LogP contribution in [0.15, 0.2) is 24.3 Å². The average molecular weight is 262 g/mol. The Hall–Kier alpha value is -1.55. The minimum absolute atomic E-state index is 0.265. The van der Waals surface area contributed by atoms with E-state index in [1.807, 2.05) is 29.2 Å². The number of hydrogen-bond donors (Lipinski definition) is 1. The largest absolute Gasteiger partial charge is 0.494 e. The zero-order valence-corrected chi connectivity index (χ0v) is 11.3. The zero-order valence-electron chi connectivity index (χ0n) is 11.3. The number of hydrogen-bond acceptors (Lipinski definition) is 3. The molecule has 2 rings (SSSR count). The smallest absolute Gasteiger partial charge is 0.222 e. The lowest BCUT2D eigenvalue weighted by atomic mass is 10.1. The van der Waals surface area contributed by atoms with Gasteiger partial charge in [0.25, 0.3) is 0 Å². The van der Waals surface area contributed by atoms with Crippen molar-refractivity contribution in [2.24, 2.45) is 5.73 Å². The van der Waals surface area contributed by atoms with Gasteiger partial charge in [-0.05, 0) is 43.5 Å². The molecule has 104 valence electrons. The maximum Gasteiger partial charge on any atom is 0.222 e. The topological polar surface area (TPSA) is 55.6 Å². The fourth-order valence-electron chi connectivity index (χ4n) is 2.26. The number of carbonyl (C=O) groups excluding carboxylic acids is 1. The van der Waals surface area contributed by atoms with Gasteiger partial charge in [-0.25, -0.2) is 0 Å². The Morgan fingerprint density at radius 2 is 2.21 bits per heavy atom. The number of carbonyl (C=O) groups is 1. The first-order chi connectivity index (χ1) is 9.29. The van der Waals surface area contributed by atoms with Crippen LogP contribution in [0.2, 0.25) is 0 Å². The van der Waals surface area contributed by atoms with E-state index in [-0.39, 0.29) is 5.91 Å². The molecule has 0 bridgehead atoms. The molecular formula is C15H22N2O2. The third kappa shape index (κ3) is 4.24. The highest BCUT2D eigenvalue weighted by Crippen LogP contribution is 2.18. The van der Waals surface area contributed by atoms with Crippen molar-refractivity contribution in [1.82, 2.24) is 4.90 Å². The lowest BCUT2D eigenvalue weighted by molar-refractivity contribution is -0.133. The second-order valence-corrected chi connectivity index (χ2v) is 4.91. The summed E-state index contributed by atoms with van der Waals surface area (Å²) in [7, 11) is 0. The summed E-state index contributed by atoms with van der Waals surface area (Å²) in [6.07, 6.45) is 3.68. The molecule has 1 fully saturated rings. The highest BCUT2D eigenvalue weighted by Gasteiger charge is 2.17. The molecule has 0 aliphatic carbocycles. The number of nitrogens with zero attached hydrogens (tertiary/aromatic N) is 1. The van der Waals surface area contributed by atoms with Crippen LogP contribution in [0.25, 0.3) is 0 Å². The first-order valence-electron chi connectivity index (χ1n) is 6.99. The van der Waals surface area contributed by atoms with Gasteiger partial charge in [-0.2, -0.15) is 0 Å². The third-order valence-corrected chi connectivity index (χ3v) is 3.31. The molecule has 0 atom stereocenters. The highest BCUT2D eigenvalue weighted by molar-refractivity contribution is 5.76. The molecule has 0 radical (unpaired) electrons. The van der Waals surface area contributed by atoms with Crippen LogP contribution in [0.5, 0.6) is 5.75 Å². The minimum Gasteiger partial charge on any atom is -0.494 e. The number of likely N-dealkylation sites (tertiary alicyclic amines) is 1. The van der Waals surface area contributed by atoms with Crippen LogP contribution < -0.4 is 10.5 Å². The number of rotatable bonds is 6. The van der Waals surface area contributed by atoms with E-state index in [1.165, 1.54) is 0 Å². The Balaban J connectivity index is 1.92. The van der Waals surface area contributed by atoms with E-state index in [2.05, 4.69) is 0 Å². The number of ether oxygens (including phenoxy) is 1. The summed E-state index contributed by atoms with van der Waals surface area (Å²) >= 11 is 0. The molecule has 1 heterocycles. The number of nitrogens with two attached hydrogens (primary N) is 1. The summed E-state index contributed by atoms with van der Waals surface area (Å²) in [6.45, 7) is 2.84. The molecule has 1 aromatic rings. The summed E-state index contributed by atoms with van der Waals surface area (Å²) < 4.78 is 5.62. The third-order valence-electron chi connectivity index (χ3n) is 3.31. The molecule has 0 aromatic heterocycles. The summed E-state index contributed by atoms with van der Waals surface area (Å²) in [4.78, 5) is 13.7. The molecule has 0 spiro atoms. The van der Waals surface area contributed by atoms with Gasteiger partial charge in [0.2, 0.25) is 5.91 Å². The Labute approximate surface area is 114 Å². The number of amides is 1. The van der Waals surface area contributed by atoms with E-state index < -0.39 is 0 Å². The van der Waals surface area contributed by atoms with Crippen LogP contribution >= 0.6 is 0 Å². The van der Waals surface area contributed by atoms with Crippen LogP contribution in [-0.2, 0) is 11.3 Å². The molecule has 1 aliphatic rings. The first kappa shape index (κ1) is 13.9. The molecular weight excluding hydrogens is 240 g/mol. The van der Waals surface area contributed by atoms with Crippen molar-refractivity contribution in [1.29, 1.82) is 0 Å². The quantitative estimate of drug-likeness (QED) is 0.797. The second-order valence-electron chi connectivity index (χ2n) is 4.91. The number of benzene rings is 1. The monoisotopic (exact) mass is 262 g/mol. The minimum atomic E-state index is 0.265. The van der Waals surface area contributed by atoms with Gasteiger partial charge in [-0.3, -0.25) is 4.79 Å². The van der Waals surface area contributed by atoms with Gasteiger partial charge in [-0.15, -0.1) is 0 Å². The van der Waals surface area contributed by atoms with Crippen LogP contribution in [0, 0.1) is 0 Å². The SMILES string of the molecule is NCCCOc1cccc(CN2CCCCC2=O)c1. The molecule has 1 saturated heterocycles. The molecule has 4 heteroatoms. The van der Waals surface area contributed by atoms with Gasteiger partial charge in [0.05, 0.1) is 6.61 Å². The van der Waals surface area contributed by atoms with Gasteiger partial charge in [0.1, 0.15) is 5.75 Å². The molecule has 19 heavy (non-hydrogen) atoms. The molecule has 1 aromatic carbocycles. The number of piperidine rings is 1. The summed E-state index contributed by atoms with van der Waals surface area (Å²) in [5.41, 5.74) is 6.56. The highest BCUT2D eigenvalue weighted by atomic mass is 16.5. The van der Waals surface area contributed by atoms with E-state index >= 15 is 0 Å². The molecule has 2 N–H and O–H groups in total. The Kier molecular flexibility index (Phi) is 5.21. The van der Waals surface area contributed by atoms with E-state index in [0.29, 0.717) is 26.1 Å². The van der Waals surface area contributed by atoms with Crippen LogP contribution in [0.3, 0.4) is 0 Å². The predicted molar refractivity (Wildman–Crippen MR) is 74.9 cm³/mol. The predicted octanol–water partition coefficient (Wildman–Crippen LogP) is 1.93. The van der Waals surface area contributed by atoms with Gasteiger partial charge >= 0.3 is 0 Å². The molecule has 0 unspecified atom stereocenters. The Morgan fingerprint density at radius 3 is 3.00 bits per heavy atom. The van der Waals surface area contributed by atoms with E-state index in [4.69, 9.17) is 10.5 Å². The standard InChI is InChI=1S/C15H22N2O2/c16-8-4-10-19-14-6-3-5-13(11-14)12-17-9-2-1-7-15(17)18/h3,5-6,11H,1-2,4,7-10,12,16H2. The van der Waals surface area contributed by atoms with Gasteiger partial charge in [-0.1, -0.05) is 12.1 Å². The van der Waals surface area contributed by atoms with Crippen molar-refractivity contribution in [3.63, 3.8) is 0 Å². The van der Waals surface area contributed by atoms with Crippen molar-refractivity contribution in [2.45, 2.75) is 32.2 Å². The van der Waals surface area contributed by atoms with Crippen molar-refractivity contribution < 1.29 is 9.53 Å².